The van der Waals surface area contributed by atoms with Gasteiger partial charge in [0.25, 0.3) is 0 Å². The number of amides is 1. The highest BCUT2D eigenvalue weighted by Gasteiger charge is 2.34. The number of rotatable bonds is 3. The van der Waals surface area contributed by atoms with Gasteiger partial charge in [-0.05, 0) is 57.2 Å². The van der Waals surface area contributed by atoms with E-state index in [1.807, 2.05) is 11.8 Å². The van der Waals surface area contributed by atoms with Gasteiger partial charge in [0.15, 0.2) is 0 Å². The number of H-pyrrole nitrogens is 1. The van der Waals surface area contributed by atoms with Gasteiger partial charge in [-0.1, -0.05) is 22.4 Å². The minimum atomic E-state index is -0.0258. The van der Waals surface area contributed by atoms with Gasteiger partial charge in [-0.3, -0.25) is 4.79 Å². The number of aromatic nitrogens is 3. The van der Waals surface area contributed by atoms with Crippen molar-refractivity contribution in [1.29, 1.82) is 0 Å². The second kappa shape index (κ2) is 6.27. The molecule has 6 heteroatoms. The standard InChI is InChI=1S/C20H24N4O2/c1-11-7-8-12(2)19-18(11)15(13(3)21-19)10-17(25)24-9-5-6-16(24)20-14(4)22-26-23-20/h7-8,16,21H,5-6,9-10H2,1-4H3/t16-/m1/s1. The molecule has 0 spiro atoms. The van der Waals surface area contributed by atoms with Crippen LogP contribution in [0.1, 0.15) is 52.7 Å². The Morgan fingerprint density at radius 3 is 2.73 bits per heavy atom. The number of aromatic amines is 1. The van der Waals surface area contributed by atoms with Crippen LogP contribution in [0, 0.1) is 27.7 Å². The maximum absolute atomic E-state index is 13.2. The number of benzene rings is 1. The Morgan fingerprint density at radius 2 is 2.00 bits per heavy atom. The van der Waals surface area contributed by atoms with Gasteiger partial charge in [-0.15, -0.1) is 0 Å². The van der Waals surface area contributed by atoms with Crippen LogP contribution in [0.5, 0.6) is 0 Å². The molecule has 1 saturated heterocycles. The number of likely N-dealkylation sites (tertiary alicyclic amines) is 1. The first kappa shape index (κ1) is 16.8. The third-order valence-electron chi connectivity index (χ3n) is 5.59. The molecule has 26 heavy (non-hydrogen) atoms. The second-order valence-corrected chi connectivity index (χ2v) is 7.33. The van der Waals surface area contributed by atoms with Gasteiger partial charge in [-0.25, -0.2) is 4.63 Å². The van der Waals surface area contributed by atoms with E-state index < -0.39 is 0 Å². The lowest BCUT2D eigenvalue weighted by molar-refractivity contribution is -0.131. The first-order valence-corrected chi connectivity index (χ1v) is 9.13. The average Bonchev–Trinajstić information content (AvgIpc) is 3.31. The van der Waals surface area contributed by atoms with E-state index in [1.165, 1.54) is 16.5 Å². The Balaban J connectivity index is 1.67. The van der Waals surface area contributed by atoms with Crippen molar-refractivity contribution in [3.8, 4) is 0 Å². The zero-order valence-electron chi connectivity index (χ0n) is 15.7. The molecule has 136 valence electrons. The highest BCUT2D eigenvalue weighted by Crippen LogP contribution is 2.34. The molecule has 1 fully saturated rings. The third kappa shape index (κ3) is 2.60. The Kier molecular flexibility index (Phi) is 4.05. The van der Waals surface area contributed by atoms with Crippen molar-refractivity contribution in [3.05, 3.63) is 45.9 Å². The lowest BCUT2D eigenvalue weighted by Gasteiger charge is -2.23. The van der Waals surface area contributed by atoms with Crippen molar-refractivity contribution in [3.63, 3.8) is 0 Å². The van der Waals surface area contributed by atoms with Gasteiger partial charge >= 0.3 is 0 Å². The van der Waals surface area contributed by atoms with E-state index in [-0.39, 0.29) is 11.9 Å². The minimum Gasteiger partial charge on any atom is -0.358 e. The van der Waals surface area contributed by atoms with Gasteiger partial charge < -0.3 is 9.88 Å². The monoisotopic (exact) mass is 352 g/mol. The Morgan fingerprint density at radius 1 is 1.23 bits per heavy atom. The van der Waals surface area contributed by atoms with E-state index in [1.54, 1.807) is 0 Å². The number of carbonyl (C=O) groups excluding carboxylic acids is 1. The molecule has 0 unspecified atom stereocenters. The SMILES string of the molecule is Cc1nonc1[C@H]1CCCN1C(=O)Cc1c(C)[nH]c2c(C)ccc(C)c12. The number of nitrogens with one attached hydrogen (secondary N) is 1. The molecule has 2 aromatic heterocycles. The van der Waals surface area contributed by atoms with Crippen molar-refractivity contribution in [2.45, 2.75) is 53.0 Å². The molecule has 3 heterocycles. The summed E-state index contributed by atoms with van der Waals surface area (Å²) in [5, 5.41) is 9.10. The zero-order valence-corrected chi connectivity index (χ0v) is 15.7. The molecular formula is C20H24N4O2. The van der Waals surface area contributed by atoms with Gasteiger partial charge in [0, 0.05) is 23.1 Å². The molecule has 1 N–H and O–H groups in total. The highest BCUT2D eigenvalue weighted by atomic mass is 16.6. The van der Waals surface area contributed by atoms with Gasteiger partial charge in [0.1, 0.15) is 11.4 Å². The van der Waals surface area contributed by atoms with Crippen LogP contribution in [0.2, 0.25) is 0 Å². The second-order valence-electron chi connectivity index (χ2n) is 7.33. The highest BCUT2D eigenvalue weighted by molar-refractivity contribution is 5.94. The van der Waals surface area contributed by atoms with Crippen LogP contribution in [0.25, 0.3) is 10.9 Å². The van der Waals surface area contributed by atoms with Crippen LogP contribution < -0.4 is 0 Å². The normalized spacial score (nSPS) is 17.4. The summed E-state index contributed by atoms with van der Waals surface area (Å²) in [6.07, 6.45) is 2.29. The summed E-state index contributed by atoms with van der Waals surface area (Å²) < 4.78 is 4.85. The van der Waals surface area contributed by atoms with E-state index in [2.05, 4.69) is 48.2 Å². The van der Waals surface area contributed by atoms with E-state index >= 15 is 0 Å². The molecule has 0 saturated carbocycles. The van der Waals surface area contributed by atoms with E-state index in [0.29, 0.717) is 6.42 Å². The van der Waals surface area contributed by atoms with Gasteiger partial charge in [-0.2, -0.15) is 0 Å². The number of carbonyl (C=O) groups is 1. The van der Waals surface area contributed by atoms with Gasteiger partial charge in [0.05, 0.1) is 12.5 Å². The van der Waals surface area contributed by atoms with E-state index in [0.717, 1.165) is 47.5 Å². The molecule has 0 radical (unpaired) electrons. The van der Waals surface area contributed by atoms with E-state index in [4.69, 9.17) is 4.63 Å². The van der Waals surface area contributed by atoms with Crippen LogP contribution in [0.4, 0.5) is 0 Å². The molecule has 3 aromatic rings. The van der Waals surface area contributed by atoms with Crippen molar-refractivity contribution in [2.75, 3.05) is 6.54 Å². The summed E-state index contributed by atoms with van der Waals surface area (Å²) in [4.78, 5) is 18.6. The fourth-order valence-corrected chi connectivity index (χ4v) is 4.18. The lowest BCUT2D eigenvalue weighted by atomic mass is 10.0. The number of fused-ring (bicyclic) bond motifs is 1. The zero-order chi connectivity index (χ0) is 18.4. The predicted octanol–water partition coefficient (Wildman–Crippen LogP) is 3.69. The first-order valence-electron chi connectivity index (χ1n) is 9.13. The minimum absolute atomic E-state index is 0.0258. The average molecular weight is 352 g/mol. The van der Waals surface area contributed by atoms with Crippen molar-refractivity contribution in [1.82, 2.24) is 20.2 Å². The fraction of sp³-hybridized carbons (Fsp3) is 0.450. The molecule has 1 aromatic carbocycles. The van der Waals surface area contributed by atoms with Crippen LogP contribution in [0.3, 0.4) is 0 Å². The molecular weight excluding hydrogens is 328 g/mol. The van der Waals surface area contributed by atoms with Crippen molar-refractivity contribution >= 4 is 16.8 Å². The quantitative estimate of drug-likeness (QED) is 0.780. The summed E-state index contributed by atoms with van der Waals surface area (Å²) in [6.45, 7) is 8.89. The summed E-state index contributed by atoms with van der Waals surface area (Å²) >= 11 is 0. The summed E-state index contributed by atoms with van der Waals surface area (Å²) in [7, 11) is 0. The van der Waals surface area contributed by atoms with Crippen molar-refractivity contribution in [2.24, 2.45) is 0 Å². The number of aryl methyl sites for hydroxylation is 4. The van der Waals surface area contributed by atoms with Crippen LogP contribution in [-0.2, 0) is 11.2 Å². The smallest absolute Gasteiger partial charge is 0.227 e. The Hall–Kier alpha value is -2.63. The maximum atomic E-state index is 13.2. The van der Waals surface area contributed by atoms with Crippen LogP contribution >= 0.6 is 0 Å². The number of nitrogens with zero attached hydrogens (tertiary/aromatic N) is 3. The summed E-state index contributed by atoms with van der Waals surface area (Å²) in [5.74, 6) is 0.139. The predicted molar refractivity (Wildman–Crippen MR) is 98.9 cm³/mol. The Bertz CT molecular complexity index is 985. The third-order valence-corrected chi connectivity index (χ3v) is 5.59. The molecule has 4 rings (SSSR count). The van der Waals surface area contributed by atoms with Crippen molar-refractivity contribution < 1.29 is 9.42 Å². The molecule has 1 aliphatic rings. The molecule has 0 bridgehead atoms. The largest absolute Gasteiger partial charge is 0.358 e. The molecule has 0 aliphatic carbocycles. The number of hydrogen-bond donors (Lipinski definition) is 1. The number of hydrogen-bond acceptors (Lipinski definition) is 4. The van der Waals surface area contributed by atoms with Gasteiger partial charge in [0.2, 0.25) is 5.91 Å². The van der Waals surface area contributed by atoms with E-state index in [9.17, 15) is 4.79 Å². The lowest BCUT2D eigenvalue weighted by Crippen LogP contribution is -2.32. The van der Waals surface area contributed by atoms with Crippen LogP contribution in [-0.4, -0.2) is 32.6 Å². The molecule has 6 nitrogen and oxygen atoms in total. The topological polar surface area (TPSA) is 75.0 Å². The Labute approximate surface area is 152 Å². The first-order chi connectivity index (χ1) is 12.5. The molecule has 1 amide bonds. The van der Waals surface area contributed by atoms with Crippen LogP contribution in [0.15, 0.2) is 16.8 Å². The molecule has 1 aliphatic heterocycles. The summed E-state index contributed by atoms with van der Waals surface area (Å²) in [5.41, 5.74) is 7.28. The maximum Gasteiger partial charge on any atom is 0.227 e. The molecule has 1 atom stereocenters. The summed E-state index contributed by atoms with van der Waals surface area (Å²) in [6, 6.07) is 4.22. The fourth-order valence-electron chi connectivity index (χ4n) is 4.18.